The Kier molecular flexibility index (Phi) is 7.44. The van der Waals surface area contributed by atoms with Crippen molar-refractivity contribution in [3.05, 3.63) is 68.6 Å². The van der Waals surface area contributed by atoms with E-state index in [-0.39, 0.29) is 6.04 Å². The minimum Gasteiger partial charge on any atom is -0.383 e. The van der Waals surface area contributed by atoms with Gasteiger partial charge in [-0.15, -0.1) is 0 Å². The molecule has 5 rings (SSSR count). The number of hydrogen-bond acceptors (Lipinski definition) is 7. The molecule has 1 atom stereocenters. The molecule has 4 aromatic rings. The monoisotopic (exact) mass is 567 g/mol. The Bertz CT molecular complexity index is 1390. The molecular weight excluding hydrogens is 546 g/mol. The van der Waals surface area contributed by atoms with Gasteiger partial charge < -0.3 is 15.0 Å². The summed E-state index contributed by atoms with van der Waals surface area (Å²) < 4.78 is 44.5. The van der Waals surface area contributed by atoms with Crippen molar-refractivity contribution in [3.8, 4) is 0 Å². The molecular formula is C25H22Cl2F3N5OS. The molecule has 0 radical (unpaired) electrons. The highest BCUT2D eigenvalue weighted by Crippen LogP contribution is 2.35. The quantitative estimate of drug-likeness (QED) is 0.251. The number of methoxy groups -OCH3 is 1. The minimum absolute atomic E-state index is 0.135. The summed E-state index contributed by atoms with van der Waals surface area (Å²) >= 11 is 14.1. The summed E-state index contributed by atoms with van der Waals surface area (Å²) in [6, 6.07) is 10.3. The summed E-state index contributed by atoms with van der Waals surface area (Å²) in [5.41, 5.74) is 1.01. The third-order valence-corrected chi connectivity index (χ3v) is 7.81. The number of alkyl halides is 3. The van der Waals surface area contributed by atoms with Crippen LogP contribution in [-0.4, -0.2) is 41.3 Å². The molecule has 12 heteroatoms. The first-order chi connectivity index (χ1) is 17.7. The molecule has 194 valence electrons. The lowest BCUT2D eigenvalue weighted by molar-refractivity contribution is -0.137. The predicted molar refractivity (Wildman–Crippen MR) is 141 cm³/mol. The number of thiazole rings is 1. The number of anilines is 3. The van der Waals surface area contributed by atoms with Crippen molar-refractivity contribution >= 4 is 62.3 Å². The second-order valence-electron chi connectivity index (χ2n) is 8.66. The van der Waals surface area contributed by atoms with Crippen LogP contribution in [0.1, 0.15) is 29.0 Å². The average Bonchev–Trinajstić information content (AvgIpc) is 3.48. The van der Waals surface area contributed by atoms with Crippen LogP contribution in [0.3, 0.4) is 0 Å². The van der Waals surface area contributed by atoms with Crippen LogP contribution < -0.4 is 10.2 Å². The molecule has 0 amide bonds. The van der Waals surface area contributed by atoms with Gasteiger partial charge in [0.25, 0.3) is 0 Å². The summed E-state index contributed by atoms with van der Waals surface area (Å²) in [6.07, 6.45) is -2.07. The van der Waals surface area contributed by atoms with Gasteiger partial charge in [0.2, 0.25) is 5.95 Å². The molecule has 2 aromatic heterocycles. The standard InChI is InChI=1S/C25H22Cl2F3N5OS/c1-36-13-16-4-3-11-35(16)24-33-22(31-15-9-7-14(8-10-15)25(28,29)30)21-23(34-24)37-20(32-21)12-17-18(26)5-2-6-19(17)27/h2,5-10,16H,3-4,11-13H2,1H3,(H,31,33,34). The molecule has 0 spiro atoms. The Morgan fingerprint density at radius 2 is 1.81 bits per heavy atom. The molecule has 1 saturated heterocycles. The maximum Gasteiger partial charge on any atom is 0.416 e. The van der Waals surface area contributed by atoms with Crippen molar-refractivity contribution < 1.29 is 17.9 Å². The average molecular weight is 568 g/mol. The van der Waals surface area contributed by atoms with Gasteiger partial charge in [0.15, 0.2) is 10.6 Å². The highest BCUT2D eigenvalue weighted by Gasteiger charge is 2.30. The Hall–Kier alpha value is -2.66. The van der Waals surface area contributed by atoms with Gasteiger partial charge in [0.1, 0.15) is 10.5 Å². The smallest absolute Gasteiger partial charge is 0.383 e. The van der Waals surface area contributed by atoms with E-state index in [9.17, 15) is 13.2 Å². The van der Waals surface area contributed by atoms with Gasteiger partial charge in [0.05, 0.1) is 18.2 Å². The molecule has 3 heterocycles. The number of aromatic nitrogens is 3. The van der Waals surface area contributed by atoms with E-state index in [4.69, 9.17) is 42.9 Å². The number of halogens is 5. The fourth-order valence-corrected chi connectivity index (χ4v) is 5.82. The zero-order valence-electron chi connectivity index (χ0n) is 19.6. The Labute approximate surface area is 225 Å². The largest absolute Gasteiger partial charge is 0.416 e. The third-order valence-electron chi connectivity index (χ3n) is 6.15. The number of nitrogens with zero attached hydrogens (tertiary/aromatic N) is 4. The first kappa shape index (κ1) is 26.0. The molecule has 0 bridgehead atoms. The molecule has 1 aliphatic heterocycles. The third kappa shape index (κ3) is 5.62. The number of fused-ring (bicyclic) bond motifs is 1. The fourth-order valence-electron chi connectivity index (χ4n) is 4.34. The van der Waals surface area contributed by atoms with Crippen molar-refractivity contribution in [3.63, 3.8) is 0 Å². The summed E-state index contributed by atoms with van der Waals surface area (Å²) in [7, 11) is 1.66. The van der Waals surface area contributed by atoms with E-state index >= 15 is 0 Å². The zero-order chi connectivity index (χ0) is 26.2. The van der Waals surface area contributed by atoms with E-state index in [0.717, 1.165) is 42.1 Å². The summed E-state index contributed by atoms with van der Waals surface area (Å²) in [4.78, 5) is 17.1. The highest BCUT2D eigenvalue weighted by atomic mass is 35.5. The highest BCUT2D eigenvalue weighted by molar-refractivity contribution is 7.18. The summed E-state index contributed by atoms with van der Waals surface area (Å²) in [6.45, 7) is 1.32. The first-order valence-electron chi connectivity index (χ1n) is 11.5. The van der Waals surface area contributed by atoms with Gasteiger partial charge >= 0.3 is 6.18 Å². The zero-order valence-corrected chi connectivity index (χ0v) is 22.0. The van der Waals surface area contributed by atoms with Gasteiger partial charge in [-0.3, -0.25) is 0 Å². The van der Waals surface area contributed by atoms with Crippen molar-refractivity contribution in [1.82, 2.24) is 15.0 Å². The minimum atomic E-state index is -4.41. The summed E-state index contributed by atoms with van der Waals surface area (Å²) in [5.74, 6) is 0.933. The van der Waals surface area contributed by atoms with E-state index in [2.05, 4.69) is 10.2 Å². The van der Waals surface area contributed by atoms with Gasteiger partial charge in [-0.1, -0.05) is 40.6 Å². The SMILES string of the molecule is COCC1CCCN1c1nc(Nc2ccc(C(F)(F)F)cc2)c2nc(Cc3c(Cl)cccc3Cl)sc2n1. The van der Waals surface area contributed by atoms with Gasteiger partial charge in [0, 0.05) is 35.8 Å². The van der Waals surface area contributed by atoms with Crippen LogP contribution in [0.15, 0.2) is 42.5 Å². The topological polar surface area (TPSA) is 63.2 Å². The van der Waals surface area contributed by atoms with E-state index in [1.54, 1.807) is 25.3 Å². The van der Waals surface area contributed by atoms with Crippen LogP contribution in [0.2, 0.25) is 10.0 Å². The summed E-state index contributed by atoms with van der Waals surface area (Å²) in [5, 5.41) is 4.98. The maximum absolute atomic E-state index is 13.0. The molecule has 0 saturated carbocycles. The lowest BCUT2D eigenvalue weighted by Crippen LogP contribution is -2.34. The number of rotatable bonds is 7. The van der Waals surface area contributed by atoms with Crippen LogP contribution in [0.5, 0.6) is 0 Å². The van der Waals surface area contributed by atoms with Crippen molar-refractivity contribution in [2.75, 3.05) is 30.5 Å². The molecule has 1 aliphatic rings. The lowest BCUT2D eigenvalue weighted by atomic mass is 10.1. The normalized spacial score (nSPS) is 16.1. The van der Waals surface area contributed by atoms with Gasteiger partial charge in [-0.05, 0) is 54.8 Å². The molecule has 2 aromatic carbocycles. The molecule has 37 heavy (non-hydrogen) atoms. The second kappa shape index (κ2) is 10.6. The Balaban J connectivity index is 1.55. The molecule has 1 N–H and O–H groups in total. The van der Waals surface area contributed by atoms with Crippen LogP contribution in [0, 0.1) is 0 Å². The van der Waals surface area contributed by atoms with Gasteiger partial charge in [-0.25, -0.2) is 4.98 Å². The lowest BCUT2D eigenvalue weighted by Gasteiger charge is -2.24. The number of benzene rings is 2. The number of ether oxygens (including phenoxy) is 1. The second-order valence-corrected chi connectivity index (χ2v) is 10.5. The first-order valence-corrected chi connectivity index (χ1v) is 13.1. The predicted octanol–water partition coefficient (Wildman–Crippen LogP) is 7.36. The number of nitrogens with one attached hydrogen (secondary N) is 1. The number of hydrogen-bond donors (Lipinski definition) is 1. The van der Waals surface area contributed by atoms with E-state index in [1.807, 2.05) is 0 Å². The Morgan fingerprint density at radius 1 is 1.08 bits per heavy atom. The fraction of sp³-hybridized carbons (Fsp3) is 0.320. The van der Waals surface area contributed by atoms with Crippen LogP contribution in [0.25, 0.3) is 10.3 Å². The van der Waals surface area contributed by atoms with Gasteiger partial charge in [-0.2, -0.15) is 23.1 Å². The van der Waals surface area contributed by atoms with Crippen molar-refractivity contribution in [1.29, 1.82) is 0 Å². The van der Waals surface area contributed by atoms with Crippen molar-refractivity contribution in [2.24, 2.45) is 0 Å². The molecule has 0 aliphatic carbocycles. The maximum atomic E-state index is 13.0. The molecule has 1 fully saturated rings. The van der Waals surface area contributed by atoms with Crippen LogP contribution in [0.4, 0.5) is 30.6 Å². The van der Waals surface area contributed by atoms with Crippen LogP contribution in [-0.2, 0) is 17.3 Å². The van der Waals surface area contributed by atoms with Crippen LogP contribution >= 0.6 is 34.5 Å². The molecule has 1 unspecified atom stereocenters. The Morgan fingerprint density at radius 3 is 2.49 bits per heavy atom. The van der Waals surface area contributed by atoms with E-state index < -0.39 is 11.7 Å². The van der Waals surface area contributed by atoms with Crippen molar-refractivity contribution in [2.45, 2.75) is 31.5 Å². The van der Waals surface area contributed by atoms with E-state index in [1.165, 1.54) is 23.5 Å². The van der Waals surface area contributed by atoms with E-state index in [0.29, 0.717) is 50.9 Å². The molecule has 6 nitrogen and oxygen atoms in total.